The van der Waals surface area contributed by atoms with Crippen LogP contribution < -0.4 is 14.8 Å². The predicted molar refractivity (Wildman–Crippen MR) is 119 cm³/mol. The van der Waals surface area contributed by atoms with Crippen molar-refractivity contribution in [1.82, 2.24) is 4.57 Å². The highest BCUT2D eigenvalue weighted by molar-refractivity contribution is 6.12. The van der Waals surface area contributed by atoms with Gasteiger partial charge in [0.2, 0.25) is 0 Å². The van der Waals surface area contributed by atoms with Gasteiger partial charge >= 0.3 is 0 Å². The Labute approximate surface area is 178 Å². The molecule has 31 heavy (non-hydrogen) atoms. The van der Waals surface area contributed by atoms with E-state index >= 15 is 0 Å². The molecule has 1 amide bonds. The number of ether oxygens (including phenoxy) is 2. The number of rotatable bonds is 6. The maximum Gasteiger partial charge on any atom is 0.286 e. The third-order valence-corrected chi connectivity index (χ3v) is 5.29. The third kappa shape index (κ3) is 3.42. The number of methoxy groups -OCH3 is 2. The van der Waals surface area contributed by atoms with E-state index in [0.29, 0.717) is 5.69 Å². The van der Waals surface area contributed by atoms with Crippen LogP contribution in [0.25, 0.3) is 21.8 Å². The number of nitrogens with zero attached hydrogens (tertiary/aromatic N) is 2. The van der Waals surface area contributed by atoms with E-state index in [1.165, 1.54) is 26.4 Å². The number of amides is 1. The lowest BCUT2D eigenvalue weighted by atomic mass is 10.1. The van der Waals surface area contributed by atoms with Crippen molar-refractivity contribution < 1.29 is 19.2 Å². The zero-order chi connectivity index (χ0) is 22.1. The van der Waals surface area contributed by atoms with Crippen LogP contribution in [0.4, 0.5) is 11.4 Å². The maximum absolute atomic E-state index is 13.0. The van der Waals surface area contributed by atoms with Gasteiger partial charge in [0.05, 0.1) is 25.2 Å². The molecule has 3 aromatic carbocycles. The van der Waals surface area contributed by atoms with Crippen LogP contribution in [0.2, 0.25) is 0 Å². The Balaban J connectivity index is 1.77. The van der Waals surface area contributed by atoms with Gasteiger partial charge in [0.1, 0.15) is 5.56 Å². The summed E-state index contributed by atoms with van der Waals surface area (Å²) < 4.78 is 12.5. The van der Waals surface area contributed by atoms with E-state index in [9.17, 15) is 14.9 Å². The van der Waals surface area contributed by atoms with Crippen LogP contribution in [0.3, 0.4) is 0 Å². The summed E-state index contributed by atoms with van der Waals surface area (Å²) in [6.07, 6.45) is 0. The van der Waals surface area contributed by atoms with Gasteiger partial charge in [0.25, 0.3) is 11.6 Å². The van der Waals surface area contributed by atoms with Crippen molar-refractivity contribution in [2.24, 2.45) is 0 Å². The number of hydrogen-bond acceptors (Lipinski definition) is 5. The SMILES string of the molecule is CCn1c2ccccc2c2cc(NC(=O)c3cc(OC)c(OC)cc3[N+](=O)[O-])ccc21. The zero-order valence-electron chi connectivity index (χ0n) is 17.3. The number of benzene rings is 3. The molecule has 4 aromatic rings. The Morgan fingerprint density at radius 2 is 1.68 bits per heavy atom. The molecule has 0 aliphatic carbocycles. The lowest BCUT2D eigenvalue weighted by molar-refractivity contribution is -0.385. The Kier molecular flexibility index (Phi) is 5.21. The van der Waals surface area contributed by atoms with E-state index in [2.05, 4.69) is 22.9 Å². The van der Waals surface area contributed by atoms with Gasteiger partial charge in [-0.15, -0.1) is 0 Å². The van der Waals surface area contributed by atoms with Crippen LogP contribution >= 0.6 is 0 Å². The fourth-order valence-electron chi connectivity index (χ4n) is 3.87. The molecule has 0 bridgehead atoms. The van der Waals surface area contributed by atoms with Crippen LogP contribution in [0.15, 0.2) is 54.6 Å². The fraction of sp³-hybridized carbons (Fsp3) is 0.174. The Morgan fingerprint density at radius 3 is 2.35 bits per heavy atom. The summed E-state index contributed by atoms with van der Waals surface area (Å²) in [7, 11) is 2.78. The molecular formula is C23H21N3O5. The normalized spacial score (nSPS) is 10.9. The highest BCUT2D eigenvalue weighted by Gasteiger charge is 2.25. The van der Waals surface area contributed by atoms with E-state index in [1.54, 1.807) is 6.07 Å². The van der Waals surface area contributed by atoms with Crippen molar-refractivity contribution in [1.29, 1.82) is 0 Å². The molecule has 0 atom stereocenters. The van der Waals surface area contributed by atoms with E-state index in [-0.39, 0.29) is 22.7 Å². The summed E-state index contributed by atoms with van der Waals surface area (Å²) in [6, 6.07) is 16.2. The second-order valence-electron chi connectivity index (χ2n) is 6.93. The average Bonchev–Trinajstić information content (AvgIpc) is 3.10. The summed E-state index contributed by atoms with van der Waals surface area (Å²) in [5.74, 6) is -0.189. The maximum atomic E-state index is 13.0. The van der Waals surface area contributed by atoms with Crippen molar-refractivity contribution >= 4 is 39.1 Å². The van der Waals surface area contributed by atoms with Gasteiger partial charge in [-0.1, -0.05) is 18.2 Å². The number of nitro benzene ring substituents is 1. The molecule has 0 fully saturated rings. The topological polar surface area (TPSA) is 95.6 Å². The molecule has 1 heterocycles. The fourth-order valence-corrected chi connectivity index (χ4v) is 3.87. The van der Waals surface area contributed by atoms with E-state index in [4.69, 9.17) is 9.47 Å². The Morgan fingerprint density at radius 1 is 1.00 bits per heavy atom. The van der Waals surface area contributed by atoms with Gasteiger partial charge in [0.15, 0.2) is 11.5 Å². The van der Waals surface area contributed by atoms with Crippen LogP contribution in [0, 0.1) is 10.1 Å². The summed E-state index contributed by atoms with van der Waals surface area (Å²) in [4.78, 5) is 23.9. The number of anilines is 1. The first-order chi connectivity index (χ1) is 15.0. The number of carbonyl (C=O) groups is 1. The highest BCUT2D eigenvalue weighted by Crippen LogP contribution is 2.35. The number of aryl methyl sites for hydroxylation is 1. The molecule has 1 N–H and O–H groups in total. The molecule has 0 saturated carbocycles. The number of hydrogen-bond donors (Lipinski definition) is 1. The number of nitrogens with one attached hydrogen (secondary N) is 1. The number of aromatic nitrogens is 1. The molecule has 0 unspecified atom stereocenters. The van der Waals surface area contributed by atoms with E-state index in [1.807, 2.05) is 30.3 Å². The molecule has 0 radical (unpaired) electrons. The van der Waals surface area contributed by atoms with Crippen molar-refractivity contribution in [3.8, 4) is 11.5 Å². The minimum atomic E-state index is -0.616. The first kappa shape index (κ1) is 20.2. The van der Waals surface area contributed by atoms with Crippen LogP contribution in [-0.2, 0) is 6.54 Å². The molecule has 0 saturated heterocycles. The summed E-state index contributed by atoms with van der Waals surface area (Å²) >= 11 is 0. The second-order valence-corrected chi connectivity index (χ2v) is 6.93. The average molecular weight is 419 g/mol. The first-order valence-electron chi connectivity index (χ1n) is 9.71. The summed E-state index contributed by atoms with van der Waals surface area (Å²) in [6.45, 7) is 2.89. The molecule has 0 aliphatic rings. The smallest absolute Gasteiger partial charge is 0.286 e. The van der Waals surface area contributed by atoms with Gasteiger partial charge in [-0.2, -0.15) is 0 Å². The third-order valence-electron chi connectivity index (χ3n) is 5.29. The van der Waals surface area contributed by atoms with Gasteiger partial charge in [-0.05, 0) is 31.2 Å². The van der Waals surface area contributed by atoms with Crippen LogP contribution in [0.1, 0.15) is 17.3 Å². The van der Waals surface area contributed by atoms with Gasteiger partial charge < -0.3 is 19.4 Å². The minimum Gasteiger partial charge on any atom is -0.493 e. The minimum absolute atomic E-state index is 0.112. The molecule has 0 aliphatic heterocycles. The van der Waals surface area contributed by atoms with Gasteiger partial charge in [0, 0.05) is 40.1 Å². The van der Waals surface area contributed by atoms with Crippen molar-refractivity contribution in [3.05, 3.63) is 70.3 Å². The Bertz CT molecular complexity index is 1330. The predicted octanol–water partition coefficient (Wildman–Crippen LogP) is 4.99. The molecule has 1 aromatic heterocycles. The van der Waals surface area contributed by atoms with E-state index < -0.39 is 10.8 Å². The zero-order valence-corrected chi connectivity index (χ0v) is 17.3. The number of carbonyl (C=O) groups excluding carboxylic acids is 1. The first-order valence-corrected chi connectivity index (χ1v) is 9.71. The Hall–Kier alpha value is -4.07. The number of nitro groups is 1. The van der Waals surface area contributed by atoms with Crippen molar-refractivity contribution in [3.63, 3.8) is 0 Å². The molecule has 8 heteroatoms. The van der Waals surface area contributed by atoms with Crippen LogP contribution in [0.5, 0.6) is 11.5 Å². The summed E-state index contributed by atoms with van der Waals surface area (Å²) in [5, 5.41) is 16.4. The molecule has 0 spiro atoms. The molecule has 8 nitrogen and oxygen atoms in total. The lowest BCUT2D eigenvalue weighted by Gasteiger charge is -2.11. The monoisotopic (exact) mass is 419 g/mol. The van der Waals surface area contributed by atoms with Crippen LogP contribution in [-0.4, -0.2) is 29.6 Å². The second kappa shape index (κ2) is 7.98. The van der Waals surface area contributed by atoms with Crippen molar-refractivity contribution in [2.75, 3.05) is 19.5 Å². The standard InChI is InChI=1S/C23H21N3O5/c1-4-25-18-8-6-5-7-15(18)16-11-14(9-10-19(16)25)24-23(27)17-12-21(30-2)22(31-3)13-20(17)26(28)29/h5-13H,4H2,1-3H3,(H,24,27). The lowest BCUT2D eigenvalue weighted by Crippen LogP contribution is -2.14. The summed E-state index contributed by atoms with van der Waals surface area (Å²) in [5.41, 5.74) is 2.23. The quantitative estimate of drug-likeness (QED) is 0.351. The largest absolute Gasteiger partial charge is 0.493 e. The number of fused-ring (bicyclic) bond motifs is 3. The van der Waals surface area contributed by atoms with Gasteiger partial charge in [-0.25, -0.2) is 0 Å². The number of para-hydroxylation sites is 1. The highest BCUT2D eigenvalue weighted by atomic mass is 16.6. The van der Waals surface area contributed by atoms with Crippen molar-refractivity contribution in [2.45, 2.75) is 13.5 Å². The molecular weight excluding hydrogens is 398 g/mol. The molecule has 4 rings (SSSR count). The van der Waals surface area contributed by atoms with Gasteiger partial charge in [-0.3, -0.25) is 14.9 Å². The van der Waals surface area contributed by atoms with E-state index in [0.717, 1.165) is 28.4 Å². The molecule has 158 valence electrons.